The van der Waals surface area contributed by atoms with Gasteiger partial charge in [0.2, 0.25) is 0 Å². The Kier molecular flexibility index (Phi) is 5.15. The summed E-state index contributed by atoms with van der Waals surface area (Å²) in [6.45, 7) is 3.28. The van der Waals surface area contributed by atoms with E-state index < -0.39 is 0 Å². The third-order valence-electron chi connectivity index (χ3n) is 4.11. The Labute approximate surface area is 145 Å². The monoisotopic (exact) mass is 343 g/mol. The van der Waals surface area contributed by atoms with E-state index in [1.54, 1.807) is 4.90 Å². The number of amides is 3. The molecule has 1 saturated heterocycles. The lowest BCUT2D eigenvalue weighted by Crippen LogP contribution is -2.47. The summed E-state index contributed by atoms with van der Waals surface area (Å²) in [7, 11) is 0. The lowest BCUT2D eigenvalue weighted by molar-refractivity contribution is 0.0923. The average molecular weight is 343 g/mol. The highest BCUT2D eigenvalue weighted by Crippen LogP contribution is 2.17. The molecule has 3 rings (SSSR count). The zero-order chi connectivity index (χ0) is 16.9. The summed E-state index contributed by atoms with van der Waals surface area (Å²) >= 11 is 1.50. The molecule has 1 fully saturated rings. The number of urea groups is 1. The van der Waals surface area contributed by atoms with Crippen molar-refractivity contribution in [1.29, 1.82) is 0 Å². The third kappa shape index (κ3) is 4.14. The van der Waals surface area contributed by atoms with Crippen molar-refractivity contribution in [3.05, 3.63) is 52.2 Å². The van der Waals surface area contributed by atoms with E-state index in [1.165, 1.54) is 11.3 Å². The van der Waals surface area contributed by atoms with E-state index >= 15 is 0 Å². The summed E-state index contributed by atoms with van der Waals surface area (Å²) in [5.41, 5.74) is 0.797. The number of piperidine rings is 1. The minimum Gasteiger partial charge on any atom is -0.348 e. The number of aryl methyl sites for hydroxylation is 1. The number of carbonyl (C=O) groups excluding carboxylic acids is 2. The Morgan fingerprint density at radius 3 is 2.42 bits per heavy atom. The molecule has 2 aromatic rings. The van der Waals surface area contributed by atoms with E-state index in [-0.39, 0.29) is 18.0 Å². The van der Waals surface area contributed by atoms with Gasteiger partial charge in [-0.2, -0.15) is 0 Å². The third-order valence-corrected chi connectivity index (χ3v) is 5.11. The van der Waals surface area contributed by atoms with Crippen molar-refractivity contribution in [2.24, 2.45) is 0 Å². The minimum absolute atomic E-state index is 0.0136. The number of thiophene rings is 1. The van der Waals surface area contributed by atoms with E-state index in [1.807, 2.05) is 49.4 Å². The molecule has 126 valence electrons. The van der Waals surface area contributed by atoms with Crippen molar-refractivity contribution in [1.82, 2.24) is 10.2 Å². The molecule has 0 radical (unpaired) electrons. The van der Waals surface area contributed by atoms with Gasteiger partial charge in [-0.3, -0.25) is 4.79 Å². The van der Waals surface area contributed by atoms with Gasteiger partial charge in [-0.25, -0.2) is 4.79 Å². The van der Waals surface area contributed by atoms with Gasteiger partial charge in [-0.1, -0.05) is 18.2 Å². The molecule has 0 bridgehead atoms. The molecule has 2 N–H and O–H groups in total. The number of anilines is 1. The first-order chi connectivity index (χ1) is 11.6. The van der Waals surface area contributed by atoms with Crippen molar-refractivity contribution in [2.75, 3.05) is 18.4 Å². The molecule has 5 nitrogen and oxygen atoms in total. The molecule has 1 aromatic heterocycles. The Morgan fingerprint density at radius 1 is 1.08 bits per heavy atom. The second kappa shape index (κ2) is 7.49. The summed E-state index contributed by atoms with van der Waals surface area (Å²) in [5.74, 6) is -0.0136. The van der Waals surface area contributed by atoms with Gasteiger partial charge in [-0.05, 0) is 44.0 Å². The standard InChI is InChI=1S/C18H21N3O2S/c1-13-7-8-16(24-13)17(22)19-15-9-11-21(12-10-15)18(23)20-14-5-3-2-4-6-14/h2-8,15H,9-12H2,1H3,(H,19,22)(H,20,23). The molecule has 1 aromatic carbocycles. The van der Waals surface area contributed by atoms with Crippen LogP contribution in [-0.2, 0) is 0 Å². The number of likely N-dealkylation sites (tertiary alicyclic amines) is 1. The topological polar surface area (TPSA) is 61.4 Å². The summed E-state index contributed by atoms with van der Waals surface area (Å²) in [5, 5.41) is 5.97. The van der Waals surface area contributed by atoms with E-state index in [4.69, 9.17) is 0 Å². The van der Waals surface area contributed by atoms with Crippen LogP contribution in [0.4, 0.5) is 10.5 Å². The maximum Gasteiger partial charge on any atom is 0.321 e. The van der Waals surface area contributed by atoms with Crippen molar-refractivity contribution >= 4 is 29.0 Å². The van der Waals surface area contributed by atoms with Gasteiger partial charge in [0, 0.05) is 29.7 Å². The number of rotatable bonds is 3. The predicted octanol–water partition coefficient (Wildman–Crippen LogP) is 3.48. The van der Waals surface area contributed by atoms with E-state index in [9.17, 15) is 9.59 Å². The minimum atomic E-state index is -0.0835. The summed E-state index contributed by atoms with van der Waals surface area (Å²) in [4.78, 5) is 28.1. The smallest absolute Gasteiger partial charge is 0.321 e. The Bertz CT molecular complexity index is 706. The van der Waals surface area contributed by atoms with Crippen LogP contribution in [0.15, 0.2) is 42.5 Å². The van der Waals surface area contributed by atoms with Gasteiger partial charge in [0.1, 0.15) is 0 Å². The van der Waals surface area contributed by atoms with E-state index in [0.29, 0.717) is 13.1 Å². The van der Waals surface area contributed by atoms with Crippen LogP contribution in [0.3, 0.4) is 0 Å². The fraction of sp³-hybridized carbons (Fsp3) is 0.333. The Balaban J connectivity index is 1.47. The molecule has 2 heterocycles. The van der Waals surface area contributed by atoms with Crippen LogP contribution in [0, 0.1) is 6.92 Å². The fourth-order valence-corrected chi connectivity index (χ4v) is 3.53. The highest BCUT2D eigenvalue weighted by Gasteiger charge is 2.24. The molecule has 0 saturated carbocycles. The molecular weight excluding hydrogens is 322 g/mol. The molecule has 6 heteroatoms. The number of para-hydroxylation sites is 1. The number of nitrogens with one attached hydrogen (secondary N) is 2. The SMILES string of the molecule is Cc1ccc(C(=O)NC2CCN(C(=O)Nc3ccccc3)CC2)s1. The lowest BCUT2D eigenvalue weighted by Gasteiger charge is -2.32. The lowest BCUT2D eigenvalue weighted by atomic mass is 10.1. The number of nitrogens with zero attached hydrogens (tertiary/aromatic N) is 1. The maximum absolute atomic E-state index is 12.2. The van der Waals surface area contributed by atoms with Gasteiger partial charge >= 0.3 is 6.03 Å². The largest absolute Gasteiger partial charge is 0.348 e. The molecule has 0 unspecified atom stereocenters. The van der Waals surface area contributed by atoms with E-state index in [0.717, 1.165) is 28.3 Å². The number of hydrogen-bond acceptors (Lipinski definition) is 3. The van der Waals surface area contributed by atoms with Crippen LogP contribution in [0.1, 0.15) is 27.4 Å². The van der Waals surface area contributed by atoms with Crippen LogP contribution < -0.4 is 10.6 Å². The molecule has 0 atom stereocenters. The quantitative estimate of drug-likeness (QED) is 0.896. The zero-order valence-electron chi connectivity index (χ0n) is 13.6. The van der Waals surface area contributed by atoms with Crippen LogP contribution in [0.5, 0.6) is 0 Å². The highest BCUT2D eigenvalue weighted by molar-refractivity contribution is 7.13. The van der Waals surface area contributed by atoms with Gasteiger partial charge in [0.05, 0.1) is 4.88 Å². The summed E-state index contributed by atoms with van der Waals surface area (Å²) in [6, 6.07) is 13.3. The molecule has 1 aliphatic rings. The van der Waals surface area contributed by atoms with Gasteiger partial charge in [0.15, 0.2) is 0 Å². The van der Waals surface area contributed by atoms with Crippen molar-refractivity contribution in [2.45, 2.75) is 25.8 Å². The number of benzene rings is 1. The van der Waals surface area contributed by atoms with Crippen LogP contribution in [0.2, 0.25) is 0 Å². The first-order valence-electron chi connectivity index (χ1n) is 8.10. The fourth-order valence-electron chi connectivity index (χ4n) is 2.76. The highest BCUT2D eigenvalue weighted by atomic mass is 32.1. The number of carbonyl (C=O) groups is 2. The second-order valence-electron chi connectivity index (χ2n) is 5.94. The average Bonchev–Trinajstić information content (AvgIpc) is 3.03. The molecule has 3 amide bonds. The normalized spacial score (nSPS) is 15.1. The van der Waals surface area contributed by atoms with Crippen molar-refractivity contribution < 1.29 is 9.59 Å². The zero-order valence-corrected chi connectivity index (χ0v) is 14.4. The first kappa shape index (κ1) is 16.5. The molecule has 0 aliphatic carbocycles. The van der Waals surface area contributed by atoms with Crippen LogP contribution >= 0.6 is 11.3 Å². The molecular formula is C18H21N3O2S. The van der Waals surface area contributed by atoms with Gasteiger partial charge in [-0.15, -0.1) is 11.3 Å². The van der Waals surface area contributed by atoms with Crippen molar-refractivity contribution in [3.8, 4) is 0 Å². The van der Waals surface area contributed by atoms with Crippen molar-refractivity contribution in [3.63, 3.8) is 0 Å². The summed E-state index contributed by atoms with van der Waals surface area (Å²) in [6.07, 6.45) is 1.55. The van der Waals surface area contributed by atoms with Gasteiger partial charge < -0.3 is 15.5 Å². The number of hydrogen-bond donors (Lipinski definition) is 2. The molecule has 0 spiro atoms. The van der Waals surface area contributed by atoms with E-state index in [2.05, 4.69) is 10.6 Å². The predicted molar refractivity (Wildman–Crippen MR) is 96.6 cm³/mol. The Morgan fingerprint density at radius 2 is 1.79 bits per heavy atom. The van der Waals surface area contributed by atoms with Gasteiger partial charge in [0.25, 0.3) is 5.91 Å². The second-order valence-corrected chi connectivity index (χ2v) is 7.23. The Hall–Kier alpha value is -2.34. The first-order valence-corrected chi connectivity index (χ1v) is 8.92. The molecule has 1 aliphatic heterocycles. The maximum atomic E-state index is 12.2. The summed E-state index contributed by atoms with van der Waals surface area (Å²) < 4.78 is 0. The molecule has 24 heavy (non-hydrogen) atoms. The van der Waals surface area contributed by atoms with Crippen LogP contribution in [-0.4, -0.2) is 36.0 Å². The van der Waals surface area contributed by atoms with Crippen LogP contribution in [0.25, 0.3) is 0 Å².